The summed E-state index contributed by atoms with van der Waals surface area (Å²) in [4.78, 5) is 12.8. The van der Waals surface area contributed by atoms with Crippen LogP contribution in [0.3, 0.4) is 0 Å². The lowest BCUT2D eigenvalue weighted by atomic mass is 9.86. The summed E-state index contributed by atoms with van der Waals surface area (Å²) >= 11 is 0.966. The molecule has 0 saturated carbocycles. The third-order valence-electron chi connectivity index (χ3n) is 5.22. The van der Waals surface area contributed by atoms with Crippen LogP contribution in [-0.4, -0.2) is 97.6 Å². The predicted molar refractivity (Wildman–Crippen MR) is 125 cm³/mol. The lowest BCUT2D eigenvalue weighted by molar-refractivity contribution is -0.656. The van der Waals surface area contributed by atoms with Crippen molar-refractivity contribution in [3.63, 3.8) is 0 Å². The molecule has 13 heteroatoms. The first-order valence-corrected chi connectivity index (χ1v) is 11.8. The van der Waals surface area contributed by atoms with Crippen LogP contribution in [0.1, 0.15) is 6.92 Å². The fourth-order valence-corrected chi connectivity index (χ4v) is 4.11. The summed E-state index contributed by atoms with van der Waals surface area (Å²) in [5, 5.41) is 38.1. The van der Waals surface area contributed by atoms with Gasteiger partial charge in [0, 0.05) is 24.4 Å². The van der Waals surface area contributed by atoms with E-state index in [0.29, 0.717) is 44.6 Å². The van der Waals surface area contributed by atoms with Crippen molar-refractivity contribution in [2.45, 2.75) is 18.5 Å². The molecule has 1 heterocycles. The average molecular weight is 501 g/mol. The molecule has 0 radical (unpaired) electrons. The molecular weight excluding hydrogens is 466 g/mol. The van der Waals surface area contributed by atoms with Gasteiger partial charge in [0.2, 0.25) is 0 Å². The van der Waals surface area contributed by atoms with Crippen LogP contribution in [0.4, 0.5) is 10.1 Å². The zero-order valence-corrected chi connectivity index (χ0v) is 20.4. The van der Waals surface area contributed by atoms with E-state index in [2.05, 4.69) is 15.1 Å². The summed E-state index contributed by atoms with van der Waals surface area (Å²) in [6.45, 7) is 5.37. The largest absolute Gasteiger partial charge is 0.414 e. The van der Waals surface area contributed by atoms with Gasteiger partial charge in [0.25, 0.3) is 0 Å². The first-order chi connectivity index (χ1) is 16.4. The summed E-state index contributed by atoms with van der Waals surface area (Å²) in [7, 11) is 1.69. The highest BCUT2D eigenvalue weighted by Crippen LogP contribution is 2.31. The highest BCUT2D eigenvalue weighted by Gasteiger charge is 2.39. The lowest BCUT2D eigenvalue weighted by Gasteiger charge is -2.42. The fourth-order valence-electron chi connectivity index (χ4n) is 3.36. The molecule has 2 atom stereocenters. The number of aliphatic hydroxyl groups is 2. The number of aliphatic hydroxyl groups excluding tert-OH is 2. The zero-order chi connectivity index (χ0) is 24.8. The molecule has 1 aliphatic rings. The van der Waals surface area contributed by atoms with Gasteiger partial charge in [-0.2, -0.15) is 0 Å². The van der Waals surface area contributed by atoms with E-state index < -0.39 is 10.5 Å². The molecule has 34 heavy (non-hydrogen) atoms. The van der Waals surface area contributed by atoms with Crippen LogP contribution in [0.2, 0.25) is 0 Å². The van der Waals surface area contributed by atoms with Crippen molar-refractivity contribution in [2.75, 3.05) is 65.9 Å². The van der Waals surface area contributed by atoms with Crippen molar-refractivity contribution >= 4 is 21.5 Å². The van der Waals surface area contributed by atoms with Crippen LogP contribution in [0.25, 0.3) is 0 Å². The SMILES string of the molecule is C[n+]1cc([N+](=O)[O-])sc1/N=N/C1C=CC=CC1(C)N(CCOCCO)CCOCCOCCO. The number of ether oxygens (including phenoxy) is 3. The number of rotatable bonds is 17. The molecule has 1 aromatic rings. The van der Waals surface area contributed by atoms with Crippen LogP contribution in [0, 0.1) is 10.1 Å². The molecule has 0 aliphatic heterocycles. The van der Waals surface area contributed by atoms with Crippen LogP contribution < -0.4 is 4.57 Å². The fraction of sp³-hybridized carbons (Fsp3) is 0.667. The summed E-state index contributed by atoms with van der Waals surface area (Å²) < 4.78 is 18.0. The number of allylic oxidation sites excluding steroid dienone is 2. The molecule has 2 rings (SSSR count). The summed E-state index contributed by atoms with van der Waals surface area (Å²) in [5.41, 5.74) is -0.542. The number of nitro groups is 1. The first-order valence-electron chi connectivity index (χ1n) is 11.0. The minimum absolute atomic E-state index is 0.000990. The third-order valence-corrected chi connectivity index (χ3v) is 6.24. The van der Waals surface area contributed by atoms with Crippen molar-refractivity contribution in [3.8, 4) is 0 Å². The normalized spacial score (nSPS) is 20.1. The maximum atomic E-state index is 11.1. The Morgan fingerprint density at radius 1 is 1.12 bits per heavy atom. The number of hydrogen-bond donors (Lipinski definition) is 2. The van der Waals surface area contributed by atoms with E-state index >= 15 is 0 Å². The monoisotopic (exact) mass is 500 g/mol. The van der Waals surface area contributed by atoms with Gasteiger partial charge < -0.3 is 24.4 Å². The highest BCUT2D eigenvalue weighted by atomic mass is 32.1. The van der Waals surface area contributed by atoms with E-state index in [1.165, 1.54) is 6.20 Å². The van der Waals surface area contributed by atoms with Gasteiger partial charge in [-0.25, -0.2) is 4.57 Å². The quantitative estimate of drug-likeness (QED) is 0.107. The second kappa shape index (κ2) is 15.0. The Morgan fingerprint density at radius 3 is 2.32 bits per heavy atom. The Morgan fingerprint density at radius 2 is 1.74 bits per heavy atom. The highest BCUT2D eigenvalue weighted by molar-refractivity contribution is 7.17. The molecule has 0 spiro atoms. The maximum absolute atomic E-state index is 11.1. The van der Waals surface area contributed by atoms with Crippen molar-refractivity contribution in [3.05, 3.63) is 40.6 Å². The van der Waals surface area contributed by atoms with E-state index in [1.807, 2.05) is 31.2 Å². The Balaban J connectivity index is 2.10. The second-order valence-corrected chi connectivity index (χ2v) is 8.61. The predicted octanol–water partition coefficient (Wildman–Crippen LogP) is 1.15. The van der Waals surface area contributed by atoms with E-state index in [0.717, 1.165) is 11.3 Å². The molecule has 0 bridgehead atoms. The molecule has 1 aromatic heterocycles. The molecule has 2 unspecified atom stereocenters. The Labute approximate surface area is 202 Å². The van der Waals surface area contributed by atoms with Crippen LogP contribution in [0.5, 0.6) is 0 Å². The number of aryl methyl sites for hydroxylation is 1. The van der Waals surface area contributed by atoms with Crippen molar-refractivity contribution in [2.24, 2.45) is 17.3 Å². The molecule has 0 aromatic carbocycles. The topological polar surface area (TPSA) is 143 Å². The maximum Gasteiger partial charge on any atom is 0.414 e. The number of thiazole rings is 1. The Kier molecular flexibility index (Phi) is 12.4. The molecule has 190 valence electrons. The van der Waals surface area contributed by atoms with Gasteiger partial charge in [0.15, 0.2) is 6.20 Å². The Hall–Kier alpha value is -2.13. The summed E-state index contributed by atoms with van der Waals surface area (Å²) in [5.74, 6) is 0. The minimum Gasteiger partial charge on any atom is -0.394 e. The third kappa shape index (κ3) is 8.58. The van der Waals surface area contributed by atoms with Gasteiger partial charge >= 0.3 is 10.1 Å². The van der Waals surface area contributed by atoms with Crippen LogP contribution >= 0.6 is 11.3 Å². The van der Waals surface area contributed by atoms with Crippen molar-refractivity contribution in [1.82, 2.24) is 4.90 Å². The molecule has 0 saturated heterocycles. The molecule has 0 fully saturated rings. The molecule has 2 N–H and O–H groups in total. The Bertz CT molecular complexity index is 847. The van der Waals surface area contributed by atoms with Gasteiger partial charge in [0.1, 0.15) is 6.04 Å². The van der Waals surface area contributed by atoms with E-state index in [4.69, 9.17) is 24.4 Å². The lowest BCUT2D eigenvalue weighted by Crippen LogP contribution is -2.54. The standard InChI is InChI=1S/C21H34N5O7S/c1-21(25(7-11-31-13-9-27)8-12-32-15-16-33-14-10-28)6-4-3-5-18(21)22-23-20-24(2)17-19(34-20)26(29)30/h3-6,17-18,27-28H,7-16H2,1-2H3/q+1. The number of nitrogens with zero attached hydrogens (tertiary/aromatic N) is 5. The van der Waals surface area contributed by atoms with E-state index in [9.17, 15) is 10.1 Å². The molecular formula is C21H34N5O7S+. The van der Waals surface area contributed by atoms with Gasteiger partial charge in [-0.1, -0.05) is 29.4 Å². The van der Waals surface area contributed by atoms with Crippen molar-refractivity contribution in [1.29, 1.82) is 0 Å². The number of azo groups is 1. The van der Waals surface area contributed by atoms with E-state index in [1.54, 1.807) is 11.6 Å². The van der Waals surface area contributed by atoms with Gasteiger partial charge in [-0.15, -0.1) is 0 Å². The van der Waals surface area contributed by atoms with Crippen LogP contribution in [0.15, 0.2) is 40.7 Å². The minimum atomic E-state index is -0.542. The molecule has 0 amide bonds. The zero-order valence-electron chi connectivity index (χ0n) is 19.6. The van der Waals surface area contributed by atoms with Gasteiger partial charge in [-0.05, 0) is 6.92 Å². The smallest absolute Gasteiger partial charge is 0.394 e. The van der Waals surface area contributed by atoms with E-state index in [-0.39, 0.29) is 37.5 Å². The van der Waals surface area contributed by atoms with Crippen molar-refractivity contribution < 1.29 is 33.9 Å². The number of aromatic nitrogens is 1. The number of hydrogen-bond acceptors (Lipinski definition) is 11. The first kappa shape index (κ1) is 28.1. The van der Waals surface area contributed by atoms with Gasteiger partial charge in [0.05, 0.1) is 75.5 Å². The molecule has 12 nitrogen and oxygen atoms in total. The second-order valence-electron chi connectivity index (χ2n) is 7.62. The summed E-state index contributed by atoms with van der Waals surface area (Å²) in [6.07, 6.45) is 9.26. The summed E-state index contributed by atoms with van der Waals surface area (Å²) in [6, 6.07) is -0.343. The van der Waals surface area contributed by atoms with Gasteiger partial charge in [-0.3, -0.25) is 15.0 Å². The molecule has 1 aliphatic carbocycles. The average Bonchev–Trinajstić information content (AvgIpc) is 3.20. The van der Waals surface area contributed by atoms with Crippen LogP contribution in [-0.2, 0) is 21.3 Å².